The van der Waals surface area contributed by atoms with Crippen molar-refractivity contribution in [1.82, 2.24) is 19.6 Å². The Kier molecular flexibility index (Phi) is 5.64. The molecule has 1 saturated carbocycles. The van der Waals surface area contributed by atoms with Crippen LogP contribution in [0.5, 0.6) is 0 Å². The van der Waals surface area contributed by atoms with E-state index in [0.29, 0.717) is 18.8 Å². The van der Waals surface area contributed by atoms with Gasteiger partial charge in [-0.15, -0.1) is 0 Å². The van der Waals surface area contributed by atoms with Crippen molar-refractivity contribution in [3.63, 3.8) is 0 Å². The lowest BCUT2D eigenvalue weighted by molar-refractivity contribution is -0.134. The Labute approximate surface area is 167 Å². The van der Waals surface area contributed by atoms with Gasteiger partial charge in [-0.2, -0.15) is 5.10 Å². The molecule has 2 fully saturated rings. The van der Waals surface area contributed by atoms with Gasteiger partial charge in [-0.3, -0.25) is 14.4 Å². The average molecular weight is 409 g/mol. The number of carbonyl (C=O) groups excluding carboxylic acids is 1. The van der Waals surface area contributed by atoms with Crippen molar-refractivity contribution in [2.45, 2.75) is 38.3 Å². The Morgan fingerprint density at radius 3 is 2.54 bits per heavy atom. The van der Waals surface area contributed by atoms with Crippen molar-refractivity contribution in [3.05, 3.63) is 52.3 Å². The highest BCUT2D eigenvalue weighted by molar-refractivity contribution is 6.31. The highest BCUT2D eigenvalue weighted by Gasteiger charge is 2.30. The predicted molar refractivity (Wildman–Crippen MR) is 102 cm³/mol. The monoisotopic (exact) mass is 408 g/mol. The van der Waals surface area contributed by atoms with Crippen LogP contribution < -0.4 is 0 Å². The zero-order valence-corrected chi connectivity index (χ0v) is 16.3. The van der Waals surface area contributed by atoms with E-state index < -0.39 is 6.43 Å². The third kappa shape index (κ3) is 4.36. The molecule has 0 bridgehead atoms. The number of hydrogen-bond acceptors (Lipinski definition) is 3. The number of aromatic nitrogens is 2. The van der Waals surface area contributed by atoms with Crippen molar-refractivity contribution < 1.29 is 13.6 Å². The number of halogens is 3. The molecule has 5 nitrogen and oxygen atoms in total. The van der Waals surface area contributed by atoms with E-state index in [4.69, 9.17) is 11.6 Å². The summed E-state index contributed by atoms with van der Waals surface area (Å²) in [5.41, 5.74) is 1.59. The van der Waals surface area contributed by atoms with Gasteiger partial charge >= 0.3 is 0 Å². The summed E-state index contributed by atoms with van der Waals surface area (Å²) in [5.74, 6) is 0.118. The van der Waals surface area contributed by atoms with Crippen LogP contribution in [0.3, 0.4) is 0 Å². The minimum atomic E-state index is -2.62. The first kappa shape index (κ1) is 19.3. The van der Waals surface area contributed by atoms with Gasteiger partial charge in [0.2, 0.25) is 5.91 Å². The van der Waals surface area contributed by atoms with Crippen molar-refractivity contribution in [3.8, 4) is 0 Å². The molecule has 0 atom stereocenters. The molecule has 2 aromatic rings. The molecule has 1 amide bonds. The lowest BCUT2D eigenvalue weighted by atomic mass is 10.2. The Hall–Kier alpha value is -1.99. The Morgan fingerprint density at radius 1 is 1.18 bits per heavy atom. The number of amides is 1. The second-order valence-electron chi connectivity index (χ2n) is 7.48. The largest absolute Gasteiger partial charge is 0.339 e. The number of hydrogen-bond donors (Lipinski definition) is 0. The summed E-state index contributed by atoms with van der Waals surface area (Å²) < 4.78 is 27.8. The topological polar surface area (TPSA) is 41.4 Å². The zero-order chi connectivity index (χ0) is 19.7. The van der Waals surface area contributed by atoms with Gasteiger partial charge in [0.1, 0.15) is 12.2 Å². The molecule has 1 aromatic carbocycles. The SMILES string of the molecule is O=C(Cn1nc(C2CC2)cc1C(F)F)N1CCN(Cc2ccccc2Cl)CC1. The van der Waals surface area contributed by atoms with E-state index in [0.717, 1.165) is 43.1 Å². The summed E-state index contributed by atoms with van der Waals surface area (Å²) >= 11 is 6.22. The summed E-state index contributed by atoms with van der Waals surface area (Å²) in [6.45, 7) is 3.21. The lowest BCUT2D eigenvalue weighted by Gasteiger charge is -2.35. The van der Waals surface area contributed by atoms with Gasteiger partial charge < -0.3 is 4.90 Å². The molecule has 1 aliphatic carbocycles. The molecule has 0 spiro atoms. The maximum atomic E-state index is 13.3. The molecule has 0 radical (unpaired) electrons. The van der Waals surface area contributed by atoms with Crippen LogP contribution in [0.15, 0.2) is 30.3 Å². The summed E-state index contributed by atoms with van der Waals surface area (Å²) in [4.78, 5) is 16.6. The van der Waals surface area contributed by atoms with Gasteiger partial charge in [0, 0.05) is 43.7 Å². The fourth-order valence-electron chi connectivity index (χ4n) is 3.58. The number of nitrogens with zero attached hydrogens (tertiary/aromatic N) is 4. The van der Waals surface area contributed by atoms with Crippen LogP contribution in [-0.2, 0) is 17.9 Å². The standard InChI is InChI=1S/C20H23ClF2N4O/c21-16-4-2-1-3-15(16)12-25-7-9-26(10-8-25)19(28)13-27-18(20(22)23)11-17(24-27)14-5-6-14/h1-4,11,14,20H,5-10,12-13H2. The van der Waals surface area contributed by atoms with E-state index in [1.165, 1.54) is 10.7 Å². The van der Waals surface area contributed by atoms with Crippen molar-refractivity contribution in [2.24, 2.45) is 0 Å². The van der Waals surface area contributed by atoms with Crippen molar-refractivity contribution in [2.75, 3.05) is 26.2 Å². The van der Waals surface area contributed by atoms with Gasteiger partial charge in [-0.25, -0.2) is 8.78 Å². The van der Waals surface area contributed by atoms with Gasteiger partial charge in [-0.05, 0) is 30.5 Å². The maximum absolute atomic E-state index is 13.3. The van der Waals surface area contributed by atoms with E-state index >= 15 is 0 Å². The molecule has 2 heterocycles. The first-order chi connectivity index (χ1) is 13.5. The van der Waals surface area contributed by atoms with Crippen LogP contribution in [-0.4, -0.2) is 51.7 Å². The van der Waals surface area contributed by atoms with Crippen LogP contribution in [0.25, 0.3) is 0 Å². The van der Waals surface area contributed by atoms with Crippen LogP contribution in [0.2, 0.25) is 5.02 Å². The molecule has 8 heteroatoms. The number of piperazine rings is 1. The molecule has 1 aromatic heterocycles. The highest BCUT2D eigenvalue weighted by Crippen LogP contribution is 2.40. The van der Waals surface area contributed by atoms with E-state index in [9.17, 15) is 13.6 Å². The van der Waals surface area contributed by atoms with E-state index in [2.05, 4.69) is 10.00 Å². The van der Waals surface area contributed by atoms with Crippen LogP contribution in [0.1, 0.15) is 42.1 Å². The average Bonchev–Trinajstić information content (AvgIpc) is 3.44. The predicted octanol–water partition coefficient (Wildman–Crippen LogP) is 3.70. The summed E-state index contributed by atoms with van der Waals surface area (Å²) in [6, 6.07) is 9.19. The Balaban J connectivity index is 1.34. The highest BCUT2D eigenvalue weighted by atomic mass is 35.5. The molecule has 2 aliphatic rings. The van der Waals surface area contributed by atoms with E-state index in [-0.39, 0.29) is 24.1 Å². The summed E-state index contributed by atoms with van der Waals surface area (Å²) in [7, 11) is 0. The van der Waals surface area contributed by atoms with E-state index in [1.807, 2.05) is 24.3 Å². The molecule has 1 saturated heterocycles. The molecule has 28 heavy (non-hydrogen) atoms. The quantitative estimate of drug-likeness (QED) is 0.732. The smallest absolute Gasteiger partial charge is 0.280 e. The maximum Gasteiger partial charge on any atom is 0.280 e. The molecular weight excluding hydrogens is 386 g/mol. The van der Waals surface area contributed by atoms with Crippen LogP contribution in [0.4, 0.5) is 8.78 Å². The van der Waals surface area contributed by atoms with Crippen molar-refractivity contribution in [1.29, 1.82) is 0 Å². The number of carbonyl (C=O) groups is 1. The summed E-state index contributed by atoms with van der Waals surface area (Å²) in [5, 5.41) is 5.01. The van der Waals surface area contributed by atoms with E-state index in [1.54, 1.807) is 4.90 Å². The van der Waals surface area contributed by atoms with Gasteiger partial charge in [0.05, 0.1) is 5.69 Å². The van der Waals surface area contributed by atoms with Crippen LogP contribution in [0, 0.1) is 0 Å². The minimum Gasteiger partial charge on any atom is -0.339 e. The lowest BCUT2D eigenvalue weighted by Crippen LogP contribution is -2.49. The molecule has 4 rings (SSSR count). The first-order valence-corrected chi connectivity index (χ1v) is 9.98. The van der Waals surface area contributed by atoms with Gasteiger partial charge in [-0.1, -0.05) is 29.8 Å². The zero-order valence-electron chi connectivity index (χ0n) is 15.5. The molecule has 1 aliphatic heterocycles. The third-order valence-electron chi connectivity index (χ3n) is 5.41. The third-order valence-corrected chi connectivity index (χ3v) is 5.78. The fraction of sp³-hybridized carbons (Fsp3) is 0.500. The summed E-state index contributed by atoms with van der Waals surface area (Å²) in [6.07, 6.45) is -0.650. The Morgan fingerprint density at radius 2 is 1.89 bits per heavy atom. The number of benzene rings is 1. The second-order valence-corrected chi connectivity index (χ2v) is 7.88. The minimum absolute atomic E-state index is 0.128. The molecule has 0 unspecified atom stereocenters. The van der Waals surface area contributed by atoms with Gasteiger partial charge in [0.25, 0.3) is 6.43 Å². The molecule has 150 valence electrons. The Bertz CT molecular complexity index is 844. The normalized spacial score (nSPS) is 18.1. The first-order valence-electron chi connectivity index (χ1n) is 9.60. The molecule has 0 N–H and O–H groups in total. The second kappa shape index (κ2) is 8.17. The number of rotatable bonds is 6. The molecular formula is C20H23ClF2N4O. The fourth-order valence-corrected chi connectivity index (χ4v) is 3.78. The van der Waals surface area contributed by atoms with Gasteiger partial charge in [0.15, 0.2) is 0 Å². The van der Waals surface area contributed by atoms with Crippen LogP contribution >= 0.6 is 11.6 Å². The number of alkyl halides is 2. The van der Waals surface area contributed by atoms with Crippen molar-refractivity contribution >= 4 is 17.5 Å².